The molecule has 0 radical (unpaired) electrons. The van der Waals surface area contributed by atoms with E-state index in [-0.39, 0.29) is 5.69 Å². The molecule has 8 heteroatoms. The summed E-state index contributed by atoms with van der Waals surface area (Å²) in [7, 11) is 0. The van der Waals surface area contributed by atoms with Gasteiger partial charge in [-0.2, -0.15) is 0 Å². The predicted octanol–water partition coefficient (Wildman–Crippen LogP) is 5.78. The number of benzene rings is 3. The number of H-pyrrole nitrogens is 1. The zero-order valence-corrected chi connectivity index (χ0v) is 21.5. The van der Waals surface area contributed by atoms with Crippen molar-refractivity contribution in [3.63, 3.8) is 0 Å². The fourth-order valence-electron chi connectivity index (χ4n) is 4.62. The van der Waals surface area contributed by atoms with Crippen LogP contribution in [0.3, 0.4) is 0 Å². The van der Waals surface area contributed by atoms with Gasteiger partial charge in [-0.15, -0.1) is 5.10 Å². The van der Waals surface area contributed by atoms with Gasteiger partial charge in [-0.05, 0) is 51.9 Å². The third kappa shape index (κ3) is 5.42. The minimum absolute atomic E-state index is 0.0562. The van der Waals surface area contributed by atoms with Crippen LogP contribution in [-0.2, 0) is 25.9 Å². The molecule has 188 valence electrons. The molecule has 0 unspecified atom stereocenters. The highest BCUT2D eigenvalue weighted by atomic mass is 35.5. The van der Waals surface area contributed by atoms with E-state index in [4.69, 9.17) is 11.6 Å². The molecule has 2 aromatic heterocycles. The summed E-state index contributed by atoms with van der Waals surface area (Å²) in [6.07, 6.45) is 3.55. The van der Waals surface area contributed by atoms with Crippen LogP contribution in [0.4, 0.5) is 0 Å². The van der Waals surface area contributed by atoms with Crippen molar-refractivity contribution in [2.45, 2.75) is 45.7 Å². The number of imidazole rings is 1. The van der Waals surface area contributed by atoms with Crippen molar-refractivity contribution in [2.75, 3.05) is 0 Å². The average Bonchev–Trinajstić information content (AvgIpc) is 3.55. The van der Waals surface area contributed by atoms with Crippen LogP contribution in [0.25, 0.3) is 22.5 Å². The minimum atomic E-state index is -0.0562. The molecular formula is C29H29ClN6O. The highest BCUT2D eigenvalue weighted by molar-refractivity contribution is 6.30. The average molecular weight is 513 g/mol. The monoisotopic (exact) mass is 512 g/mol. The summed E-state index contributed by atoms with van der Waals surface area (Å²) in [6, 6.07) is 26.5. The standard InChI is InChI=1S/C29H29ClN6O/c1-2-3-13-26-27(30)35(19-18-21-9-5-4-6-10-21)29(37)36(26)20-22-14-16-23(17-15-22)24-11-7-8-12-25(24)28-31-33-34-32-28/h4-12,14-17H,2-3,13,18-20H2,1H3,(H,31,32,33,34). The molecular weight excluding hydrogens is 484 g/mol. The van der Waals surface area contributed by atoms with Crippen molar-refractivity contribution in [2.24, 2.45) is 0 Å². The van der Waals surface area contributed by atoms with Gasteiger partial charge in [-0.3, -0.25) is 9.13 Å². The molecule has 7 nitrogen and oxygen atoms in total. The van der Waals surface area contributed by atoms with Crippen LogP contribution in [0.2, 0.25) is 5.15 Å². The Morgan fingerprint density at radius 2 is 1.57 bits per heavy atom. The number of hydrogen-bond donors (Lipinski definition) is 1. The van der Waals surface area contributed by atoms with E-state index >= 15 is 0 Å². The van der Waals surface area contributed by atoms with Crippen LogP contribution < -0.4 is 5.69 Å². The fourth-order valence-corrected chi connectivity index (χ4v) is 4.98. The Balaban J connectivity index is 1.42. The van der Waals surface area contributed by atoms with Crippen molar-refractivity contribution in [1.82, 2.24) is 29.8 Å². The lowest BCUT2D eigenvalue weighted by Gasteiger charge is -2.10. The summed E-state index contributed by atoms with van der Waals surface area (Å²) in [5, 5.41) is 14.9. The first-order valence-electron chi connectivity index (χ1n) is 12.6. The van der Waals surface area contributed by atoms with E-state index in [0.717, 1.165) is 53.6 Å². The number of tetrazole rings is 1. The van der Waals surface area contributed by atoms with Gasteiger partial charge in [-0.1, -0.05) is 104 Å². The Morgan fingerprint density at radius 1 is 0.838 bits per heavy atom. The van der Waals surface area contributed by atoms with Crippen molar-refractivity contribution in [3.05, 3.63) is 111 Å². The fraction of sp³-hybridized carbons (Fsp3) is 0.241. The number of nitrogens with zero attached hydrogens (tertiary/aromatic N) is 5. The molecule has 0 aliphatic heterocycles. The Labute approximate surface area is 220 Å². The van der Waals surface area contributed by atoms with E-state index in [1.807, 2.05) is 47.0 Å². The van der Waals surface area contributed by atoms with E-state index in [0.29, 0.717) is 24.1 Å². The lowest BCUT2D eigenvalue weighted by atomic mass is 9.98. The molecule has 0 aliphatic carbocycles. The van der Waals surface area contributed by atoms with Gasteiger partial charge in [0.2, 0.25) is 0 Å². The third-order valence-electron chi connectivity index (χ3n) is 6.63. The second-order valence-corrected chi connectivity index (χ2v) is 9.45. The maximum Gasteiger partial charge on any atom is 0.329 e. The topological polar surface area (TPSA) is 81.4 Å². The number of rotatable bonds is 10. The lowest BCUT2D eigenvalue weighted by Crippen LogP contribution is -2.26. The molecule has 1 N–H and O–H groups in total. The van der Waals surface area contributed by atoms with Gasteiger partial charge in [0.1, 0.15) is 5.15 Å². The van der Waals surface area contributed by atoms with Crippen molar-refractivity contribution < 1.29 is 0 Å². The molecule has 0 amide bonds. The maximum absolute atomic E-state index is 13.5. The largest absolute Gasteiger partial charge is 0.329 e. The van der Waals surface area contributed by atoms with Crippen LogP contribution in [0.5, 0.6) is 0 Å². The van der Waals surface area contributed by atoms with Gasteiger partial charge in [0.15, 0.2) is 5.82 Å². The molecule has 37 heavy (non-hydrogen) atoms. The second-order valence-electron chi connectivity index (χ2n) is 9.09. The highest BCUT2D eigenvalue weighted by Gasteiger charge is 2.18. The Hall–Kier alpha value is -3.97. The summed E-state index contributed by atoms with van der Waals surface area (Å²) in [6.45, 7) is 3.18. The van der Waals surface area contributed by atoms with Crippen LogP contribution in [0, 0.1) is 0 Å². The summed E-state index contributed by atoms with van der Waals surface area (Å²) < 4.78 is 3.56. The smallest absolute Gasteiger partial charge is 0.290 e. The molecule has 0 saturated carbocycles. The van der Waals surface area contributed by atoms with Crippen LogP contribution in [-0.4, -0.2) is 29.8 Å². The summed E-state index contributed by atoms with van der Waals surface area (Å²) in [5.74, 6) is 0.623. The summed E-state index contributed by atoms with van der Waals surface area (Å²) >= 11 is 6.80. The molecule has 3 aromatic carbocycles. The van der Waals surface area contributed by atoms with Gasteiger partial charge < -0.3 is 0 Å². The SMILES string of the molecule is CCCCc1c(Cl)n(CCc2ccccc2)c(=O)n1Cc1ccc(-c2ccccc2-c2nnn[nH]2)cc1. The van der Waals surface area contributed by atoms with Crippen molar-refractivity contribution >= 4 is 11.6 Å². The number of aryl methyl sites for hydroxylation is 1. The van der Waals surface area contributed by atoms with E-state index < -0.39 is 0 Å². The van der Waals surface area contributed by atoms with Gasteiger partial charge in [-0.25, -0.2) is 9.89 Å². The van der Waals surface area contributed by atoms with E-state index in [2.05, 4.69) is 63.9 Å². The molecule has 0 fully saturated rings. The Kier molecular flexibility index (Phi) is 7.61. The number of hydrogen-bond acceptors (Lipinski definition) is 4. The lowest BCUT2D eigenvalue weighted by molar-refractivity contribution is 0.626. The van der Waals surface area contributed by atoms with Gasteiger partial charge in [0.05, 0.1) is 12.2 Å². The molecule has 2 heterocycles. The Morgan fingerprint density at radius 3 is 2.27 bits per heavy atom. The minimum Gasteiger partial charge on any atom is -0.290 e. The number of unbranched alkanes of at least 4 members (excludes halogenated alkanes) is 1. The zero-order valence-electron chi connectivity index (χ0n) is 20.8. The first-order chi connectivity index (χ1) is 18.2. The van der Waals surface area contributed by atoms with E-state index in [9.17, 15) is 4.79 Å². The first kappa shape index (κ1) is 24.7. The molecule has 5 aromatic rings. The quantitative estimate of drug-likeness (QED) is 0.257. The van der Waals surface area contributed by atoms with Gasteiger partial charge in [0.25, 0.3) is 0 Å². The van der Waals surface area contributed by atoms with E-state index in [1.165, 1.54) is 5.56 Å². The summed E-state index contributed by atoms with van der Waals surface area (Å²) in [5.41, 5.74) is 6.09. The van der Waals surface area contributed by atoms with Crippen LogP contribution in [0.1, 0.15) is 36.6 Å². The van der Waals surface area contributed by atoms with E-state index in [1.54, 1.807) is 4.57 Å². The number of halogens is 1. The van der Waals surface area contributed by atoms with Crippen molar-refractivity contribution in [1.29, 1.82) is 0 Å². The van der Waals surface area contributed by atoms with Gasteiger partial charge in [0, 0.05) is 12.1 Å². The van der Waals surface area contributed by atoms with Crippen LogP contribution >= 0.6 is 11.6 Å². The molecule has 5 rings (SSSR count). The molecule has 0 spiro atoms. The zero-order chi connectivity index (χ0) is 25.6. The van der Waals surface area contributed by atoms with Crippen molar-refractivity contribution in [3.8, 4) is 22.5 Å². The normalized spacial score (nSPS) is 11.2. The first-order valence-corrected chi connectivity index (χ1v) is 13.0. The predicted molar refractivity (Wildman–Crippen MR) is 147 cm³/mol. The molecule has 0 saturated heterocycles. The molecule has 0 aliphatic rings. The highest BCUT2D eigenvalue weighted by Crippen LogP contribution is 2.30. The number of nitrogens with one attached hydrogen (secondary N) is 1. The number of aromatic nitrogens is 6. The third-order valence-corrected chi connectivity index (χ3v) is 7.05. The Bertz CT molecular complexity index is 1500. The van der Waals surface area contributed by atoms with Gasteiger partial charge >= 0.3 is 5.69 Å². The summed E-state index contributed by atoms with van der Waals surface area (Å²) in [4.78, 5) is 13.5. The second kappa shape index (κ2) is 11.4. The number of aromatic amines is 1. The molecule has 0 bridgehead atoms. The van der Waals surface area contributed by atoms with Crippen LogP contribution in [0.15, 0.2) is 83.7 Å². The maximum atomic E-state index is 13.5. The molecule has 0 atom stereocenters.